The van der Waals surface area contributed by atoms with Crippen molar-refractivity contribution in [3.63, 3.8) is 0 Å². The Morgan fingerprint density at radius 1 is 0.926 bits per heavy atom. The molecule has 2 aromatic carbocycles. The third-order valence-electron chi connectivity index (χ3n) is 3.42. The van der Waals surface area contributed by atoms with E-state index in [0.717, 1.165) is 12.1 Å². The fourth-order valence-corrected chi connectivity index (χ4v) is 2.08. The van der Waals surface area contributed by atoms with Crippen LogP contribution in [0.3, 0.4) is 0 Å². The Hall–Kier alpha value is -3.03. The molecule has 0 aliphatic rings. The summed E-state index contributed by atoms with van der Waals surface area (Å²) in [6.45, 7) is 0.376. The summed E-state index contributed by atoms with van der Waals surface area (Å²) in [6, 6.07) is 8.15. The van der Waals surface area contributed by atoms with Crippen molar-refractivity contribution < 1.29 is 32.2 Å². The highest BCUT2D eigenvalue weighted by atomic mass is 19.1. The Labute approximate surface area is 154 Å². The van der Waals surface area contributed by atoms with Crippen molar-refractivity contribution in [1.29, 1.82) is 0 Å². The van der Waals surface area contributed by atoms with Crippen molar-refractivity contribution in [2.45, 2.75) is 12.8 Å². The molecule has 0 fully saturated rings. The van der Waals surface area contributed by atoms with Crippen LogP contribution in [0.15, 0.2) is 42.5 Å². The largest absolute Gasteiger partial charge is 0.493 e. The van der Waals surface area contributed by atoms with E-state index in [0.29, 0.717) is 24.8 Å². The number of carbonyl (C=O) groups is 2. The van der Waals surface area contributed by atoms with Gasteiger partial charge in [-0.1, -0.05) is 0 Å². The summed E-state index contributed by atoms with van der Waals surface area (Å²) < 4.78 is 49.3. The summed E-state index contributed by atoms with van der Waals surface area (Å²) >= 11 is 0. The molecule has 0 bridgehead atoms. The minimum Gasteiger partial charge on any atom is -0.493 e. The average molecular weight is 381 g/mol. The third-order valence-corrected chi connectivity index (χ3v) is 3.42. The van der Waals surface area contributed by atoms with E-state index in [1.54, 1.807) is 0 Å². The van der Waals surface area contributed by atoms with Crippen LogP contribution in [0.25, 0.3) is 0 Å². The Morgan fingerprint density at radius 2 is 1.63 bits per heavy atom. The van der Waals surface area contributed by atoms with Gasteiger partial charge in [0.05, 0.1) is 25.2 Å². The molecule has 8 heteroatoms. The topological polar surface area (TPSA) is 64.6 Å². The molecular formula is C19H18F3NO4. The highest BCUT2D eigenvalue weighted by Gasteiger charge is 2.12. The highest BCUT2D eigenvalue weighted by molar-refractivity contribution is 5.94. The molecule has 0 radical (unpaired) electrons. The lowest BCUT2D eigenvalue weighted by molar-refractivity contribution is -0.143. The lowest BCUT2D eigenvalue weighted by atomic mass is 10.2. The van der Waals surface area contributed by atoms with Gasteiger partial charge in [-0.2, -0.15) is 0 Å². The smallest absolute Gasteiger partial charge is 0.307 e. The Morgan fingerprint density at radius 3 is 2.33 bits per heavy atom. The van der Waals surface area contributed by atoms with Gasteiger partial charge >= 0.3 is 5.97 Å². The zero-order valence-electron chi connectivity index (χ0n) is 14.3. The molecule has 0 aliphatic heterocycles. The summed E-state index contributed by atoms with van der Waals surface area (Å²) in [6.07, 6.45) is 0.351. The fourth-order valence-electron chi connectivity index (χ4n) is 2.08. The maximum absolute atomic E-state index is 13.4. The molecule has 1 amide bonds. The molecule has 27 heavy (non-hydrogen) atoms. The van der Waals surface area contributed by atoms with Crippen molar-refractivity contribution in [2.24, 2.45) is 0 Å². The maximum atomic E-state index is 13.4. The summed E-state index contributed by atoms with van der Waals surface area (Å²) in [7, 11) is 0. The van der Waals surface area contributed by atoms with Crippen LogP contribution < -0.4 is 10.1 Å². The van der Waals surface area contributed by atoms with Crippen molar-refractivity contribution in [3.05, 3.63) is 65.5 Å². The molecule has 0 heterocycles. The van der Waals surface area contributed by atoms with Gasteiger partial charge in [0.1, 0.15) is 23.2 Å². The lowest BCUT2D eigenvalue weighted by Gasteiger charge is -2.08. The average Bonchev–Trinajstić information content (AvgIpc) is 2.63. The van der Waals surface area contributed by atoms with Gasteiger partial charge in [-0.05, 0) is 36.4 Å². The molecule has 0 saturated heterocycles. The number of hydrogen-bond acceptors (Lipinski definition) is 4. The second-order valence-corrected chi connectivity index (χ2v) is 5.51. The number of benzene rings is 2. The number of hydrogen-bond donors (Lipinski definition) is 1. The monoisotopic (exact) mass is 381 g/mol. The molecular weight excluding hydrogens is 363 g/mol. The van der Waals surface area contributed by atoms with E-state index in [-0.39, 0.29) is 31.0 Å². The molecule has 2 aromatic rings. The Balaban J connectivity index is 1.58. The van der Waals surface area contributed by atoms with Crippen molar-refractivity contribution in [1.82, 2.24) is 5.32 Å². The Kier molecular flexibility index (Phi) is 7.66. The van der Waals surface area contributed by atoms with Crippen molar-refractivity contribution in [2.75, 3.05) is 19.8 Å². The molecule has 5 nitrogen and oxygen atoms in total. The maximum Gasteiger partial charge on any atom is 0.307 e. The number of ether oxygens (including phenoxy) is 2. The highest BCUT2D eigenvalue weighted by Crippen LogP contribution is 2.11. The van der Waals surface area contributed by atoms with Gasteiger partial charge in [-0.3, -0.25) is 9.59 Å². The predicted octanol–water partition coefficient (Wildman–Crippen LogP) is 3.24. The molecule has 0 spiro atoms. The van der Waals surface area contributed by atoms with E-state index in [2.05, 4.69) is 5.32 Å². The van der Waals surface area contributed by atoms with Crippen LogP contribution in [0, 0.1) is 17.5 Å². The summed E-state index contributed by atoms with van der Waals surface area (Å²) in [5.74, 6) is -2.87. The fraction of sp³-hybridized carbons (Fsp3) is 0.263. The van der Waals surface area contributed by atoms with Crippen LogP contribution >= 0.6 is 0 Å². The number of rotatable bonds is 9. The molecule has 1 N–H and O–H groups in total. The number of amides is 1. The molecule has 0 unspecified atom stereocenters. The van der Waals surface area contributed by atoms with E-state index in [4.69, 9.17) is 9.47 Å². The van der Waals surface area contributed by atoms with Gasteiger partial charge in [0, 0.05) is 19.0 Å². The van der Waals surface area contributed by atoms with Crippen LogP contribution in [-0.4, -0.2) is 31.6 Å². The number of esters is 1. The van der Waals surface area contributed by atoms with Gasteiger partial charge in [-0.15, -0.1) is 0 Å². The standard InChI is InChI=1S/C19H18F3NO4/c20-13-2-5-15(6-3-13)26-10-1-11-27-18(24)8-9-23-19(25)16-7-4-14(21)12-17(16)22/h2-7,12H,1,8-11H2,(H,23,25). The summed E-state index contributed by atoms with van der Waals surface area (Å²) in [4.78, 5) is 23.3. The molecule has 0 atom stereocenters. The zero-order valence-corrected chi connectivity index (χ0v) is 14.3. The summed E-state index contributed by atoms with van der Waals surface area (Å²) in [5, 5.41) is 2.36. The van der Waals surface area contributed by atoms with Gasteiger partial charge in [0.15, 0.2) is 0 Å². The van der Waals surface area contributed by atoms with E-state index in [1.807, 2.05) is 0 Å². The van der Waals surface area contributed by atoms with Crippen LogP contribution in [0.4, 0.5) is 13.2 Å². The minimum absolute atomic E-state index is 0.0411. The van der Waals surface area contributed by atoms with E-state index in [9.17, 15) is 22.8 Å². The van der Waals surface area contributed by atoms with Crippen LogP contribution in [0.2, 0.25) is 0 Å². The number of nitrogens with one attached hydrogen (secondary N) is 1. The number of halogens is 3. The first-order valence-electron chi connectivity index (χ1n) is 8.23. The van der Waals surface area contributed by atoms with E-state index >= 15 is 0 Å². The minimum atomic E-state index is -0.976. The second kappa shape index (κ2) is 10.2. The van der Waals surface area contributed by atoms with E-state index in [1.165, 1.54) is 24.3 Å². The first kappa shape index (κ1) is 20.3. The normalized spacial score (nSPS) is 10.3. The third kappa shape index (κ3) is 7.01. The SMILES string of the molecule is O=C(CCNC(=O)c1ccc(F)cc1F)OCCCOc1ccc(F)cc1. The van der Waals surface area contributed by atoms with Crippen LogP contribution in [-0.2, 0) is 9.53 Å². The lowest BCUT2D eigenvalue weighted by Crippen LogP contribution is -2.27. The van der Waals surface area contributed by atoms with Gasteiger partial charge < -0.3 is 14.8 Å². The van der Waals surface area contributed by atoms with E-state index < -0.39 is 23.5 Å². The van der Waals surface area contributed by atoms with Crippen molar-refractivity contribution >= 4 is 11.9 Å². The zero-order chi connectivity index (χ0) is 19.6. The molecule has 0 aromatic heterocycles. The van der Waals surface area contributed by atoms with Gasteiger partial charge in [0.25, 0.3) is 5.91 Å². The van der Waals surface area contributed by atoms with Gasteiger partial charge in [-0.25, -0.2) is 13.2 Å². The molecule has 0 aliphatic carbocycles. The first-order valence-corrected chi connectivity index (χ1v) is 8.23. The number of carbonyl (C=O) groups excluding carboxylic acids is 2. The second-order valence-electron chi connectivity index (χ2n) is 5.51. The summed E-state index contributed by atoms with van der Waals surface area (Å²) in [5.41, 5.74) is -0.303. The quantitative estimate of drug-likeness (QED) is 0.535. The molecule has 2 rings (SSSR count). The van der Waals surface area contributed by atoms with Gasteiger partial charge in [0.2, 0.25) is 0 Å². The predicted molar refractivity (Wildman–Crippen MR) is 90.8 cm³/mol. The van der Waals surface area contributed by atoms with Crippen LogP contribution in [0.5, 0.6) is 5.75 Å². The molecule has 144 valence electrons. The van der Waals surface area contributed by atoms with Crippen molar-refractivity contribution in [3.8, 4) is 5.75 Å². The Bertz CT molecular complexity index is 781. The van der Waals surface area contributed by atoms with Crippen LogP contribution in [0.1, 0.15) is 23.2 Å². The first-order chi connectivity index (χ1) is 13.0. The molecule has 0 saturated carbocycles.